The van der Waals surface area contributed by atoms with Crippen LogP contribution in [0.5, 0.6) is 0 Å². The summed E-state index contributed by atoms with van der Waals surface area (Å²) in [7, 11) is 0. The van der Waals surface area contributed by atoms with Crippen LogP contribution in [0.15, 0.2) is 48.5 Å². The molecule has 0 aliphatic carbocycles. The van der Waals surface area contributed by atoms with Crippen molar-refractivity contribution in [1.82, 2.24) is 0 Å². The first-order chi connectivity index (χ1) is 9.61. The third-order valence-electron chi connectivity index (χ3n) is 3.17. The van der Waals surface area contributed by atoms with Gasteiger partial charge in [-0.25, -0.2) is 0 Å². The van der Waals surface area contributed by atoms with Crippen LogP contribution in [0, 0.1) is 10.1 Å². The maximum atomic E-state index is 11.1. The zero-order chi connectivity index (χ0) is 14.5. The van der Waals surface area contributed by atoms with Gasteiger partial charge in [-0.05, 0) is 24.1 Å². The first-order valence-corrected chi connectivity index (χ1v) is 6.40. The molecule has 2 aromatic rings. The second-order valence-corrected chi connectivity index (χ2v) is 4.59. The molecule has 0 aromatic heterocycles. The van der Waals surface area contributed by atoms with Gasteiger partial charge in [0.15, 0.2) is 0 Å². The van der Waals surface area contributed by atoms with E-state index < -0.39 is 0 Å². The molecule has 2 rings (SSSR count). The number of nitrogens with one attached hydrogen (secondary N) is 1. The van der Waals surface area contributed by atoms with E-state index in [0.717, 1.165) is 11.1 Å². The van der Waals surface area contributed by atoms with Crippen LogP contribution in [0.3, 0.4) is 0 Å². The van der Waals surface area contributed by atoms with E-state index in [1.165, 1.54) is 6.07 Å². The third-order valence-corrected chi connectivity index (χ3v) is 3.17. The van der Waals surface area contributed by atoms with Crippen molar-refractivity contribution in [1.29, 1.82) is 0 Å². The molecule has 0 saturated heterocycles. The predicted molar refractivity (Wildman–Crippen MR) is 79.5 cm³/mol. The maximum absolute atomic E-state index is 11.1. The third kappa shape index (κ3) is 3.13. The number of nitro groups is 1. The summed E-state index contributed by atoms with van der Waals surface area (Å²) in [5.41, 5.74) is 7.89. The summed E-state index contributed by atoms with van der Waals surface area (Å²) in [6, 6.07) is 14.8. The molecule has 104 valence electrons. The lowest BCUT2D eigenvalue weighted by atomic mass is 10.1. The maximum Gasteiger partial charge on any atom is 0.292 e. The normalized spacial score (nSPS) is 11.9. The van der Waals surface area contributed by atoms with Crippen molar-refractivity contribution in [2.75, 3.05) is 5.32 Å². The first-order valence-electron chi connectivity index (χ1n) is 6.40. The van der Waals surface area contributed by atoms with E-state index in [0.29, 0.717) is 5.69 Å². The number of nitro benzene ring substituents is 1. The molecule has 0 heterocycles. The Hall–Kier alpha value is -2.40. The Morgan fingerprint density at radius 2 is 1.95 bits per heavy atom. The van der Waals surface area contributed by atoms with Crippen LogP contribution < -0.4 is 11.1 Å². The Morgan fingerprint density at radius 1 is 1.25 bits per heavy atom. The fourth-order valence-corrected chi connectivity index (χ4v) is 2.04. The Balaban J connectivity index is 2.27. The molecule has 2 aromatic carbocycles. The lowest BCUT2D eigenvalue weighted by Gasteiger charge is -2.16. The van der Waals surface area contributed by atoms with Gasteiger partial charge in [-0.15, -0.1) is 0 Å². The summed E-state index contributed by atoms with van der Waals surface area (Å²) in [5, 5.41) is 14.3. The summed E-state index contributed by atoms with van der Waals surface area (Å²) in [4.78, 5) is 10.7. The Bertz CT molecular complexity index is 599. The molecule has 1 unspecified atom stereocenters. The zero-order valence-corrected chi connectivity index (χ0v) is 11.2. The Morgan fingerprint density at radius 3 is 2.55 bits per heavy atom. The van der Waals surface area contributed by atoms with E-state index in [9.17, 15) is 10.1 Å². The van der Waals surface area contributed by atoms with Gasteiger partial charge in [0.1, 0.15) is 5.69 Å². The molecule has 3 N–H and O–H groups in total. The molecule has 0 spiro atoms. The smallest absolute Gasteiger partial charge is 0.292 e. The van der Waals surface area contributed by atoms with Crippen molar-refractivity contribution >= 4 is 11.4 Å². The summed E-state index contributed by atoms with van der Waals surface area (Å²) < 4.78 is 0. The highest BCUT2D eigenvalue weighted by molar-refractivity contribution is 5.63. The van der Waals surface area contributed by atoms with E-state index in [4.69, 9.17) is 5.73 Å². The molecule has 0 bridgehead atoms. The second kappa shape index (κ2) is 6.16. The van der Waals surface area contributed by atoms with Gasteiger partial charge in [-0.1, -0.05) is 36.4 Å². The van der Waals surface area contributed by atoms with E-state index in [1.807, 2.05) is 37.3 Å². The minimum absolute atomic E-state index is 0.0152. The van der Waals surface area contributed by atoms with Crippen LogP contribution in [0.25, 0.3) is 0 Å². The first kappa shape index (κ1) is 14.0. The fourth-order valence-electron chi connectivity index (χ4n) is 2.04. The highest BCUT2D eigenvalue weighted by Gasteiger charge is 2.16. The predicted octanol–water partition coefficient (Wildman–Crippen LogP) is 3.23. The molecule has 20 heavy (non-hydrogen) atoms. The monoisotopic (exact) mass is 271 g/mol. The highest BCUT2D eigenvalue weighted by Crippen LogP contribution is 2.29. The van der Waals surface area contributed by atoms with Crippen molar-refractivity contribution < 1.29 is 4.92 Å². The van der Waals surface area contributed by atoms with Gasteiger partial charge in [-0.2, -0.15) is 0 Å². The lowest BCUT2D eigenvalue weighted by molar-refractivity contribution is -0.384. The summed E-state index contributed by atoms with van der Waals surface area (Å²) in [6.07, 6.45) is 0. The van der Waals surface area contributed by atoms with Gasteiger partial charge in [-0.3, -0.25) is 10.1 Å². The summed E-state index contributed by atoms with van der Waals surface area (Å²) >= 11 is 0. The molecule has 0 radical (unpaired) electrons. The van der Waals surface area contributed by atoms with E-state index >= 15 is 0 Å². The van der Waals surface area contributed by atoms with Gasteiger partial charge < -0.3 is 11.1 Å². The molecule has 0 aliphatic rings. The fraction of sp³-hybridized carbons (Fsp3) is 0.200. The second-order valence-electron chi connectivity index (χ2n) is 4.59. The number of nitrogens with two attached hydrogens (primary N) is 1. The Labute approximate surface area is 117 Å². The number of rotatable bonds is 5. The van der Waals surface area contributed by atoms with Crippen molar-refractivity contribution in [3.8, 4) is 0 Å². The number of hydrogen-bond donors (Lipinski definition) is 2. The van der Waals surface area contributed by atoms with Crippen LogP contribution in [-0.2, 0) is 6.54 Å². The molecule has 5 heteroatoms. The molecular formula is C15H17N3O2. The largest absolute Gasteiger partial charge is 0.373 e. The topological polar surface area (TPSA) is 81.2 Å². The molecule has 0 fully saturated rings. The number of hydrogen-bond acceptors (Lipinski definition) is 4. The number of nitrogens with zero attached hydrogens (tertiary/aromatic N) is 1. The van der Waals surface area contributed by atoms with E-state index in [2.05, 4.69) is 5.32 Å². The van der Waals surface area contributed by atoms with Crippen LogP contribution in [-0.4, -0.2) is 4.92 Å². The Kier molecular flexibility index (Phi) is 4.32. The van der Waals surface area contributed by atoms with Crippen molar-refractivity contribution in [2.24, 2.45) is 5.73 Å². The lowest BCUT2D eigenvalue weighted by Crippen LogP contribution is -2.09. The van der Waals surface area contributed by atoms with Gasteiger partial charge in [0.05, 0.1) is 4.92 Å². The van der Waals surface area contributed by atoms with Crippen molar-refractivity contribution in [3.63, 3.8) is 0 Å². The van der Waals surface area contributed by atoms with E-state index in [-0.39, 0.29) is 23.2 Å². The average molecular weight is 271 g/mol. The van der Waals surface area contributed by atoms with Crippen molar-refractivity contribution in [3.05, 3.63) is 69.8 Å². The van der Waals surface area contributed by atoms with Gasteiger partial charge in [0.2, 0.25) is 0 Å². The highest BCUT2D eigenvalue weighted by atomic mass is 16.6. The molecule has 1 atom stereocenters. The summed E-state index contributed by atoms with van der Waals surface area (Å²) in [5.74, 6) is 0. The molecule has 0 saturated carbocycles. The molecule has 5 nitrogen and oxygen atoms in total. The van der Waals surface area contributed by atoms with Crippen LogP contribution >= 0.6 is 0 Å². The average Bonchev–Trinajstić information content (AvgIpc) is 2.48. The van der Waals surface area contributed by atoms with Crippen LogP contribution in [0.1, 0.15) is 24.1 Å². The van der Waals surface area contributed by atoms with Crippen LogP contribution in [0.4, 0.5) is 11.4 Å². The zero-order valence-electron chi connectivity index (χ0n) is 11.2. The van der Waals surface area contributed by atoms with Crippen molar-refractivity contribution in [2.45, 2.75) is 19.5 Å². The minimum Gasteiger partial charge on any atom is -0.373 e. The SMILES string of the molecule is CC(Nc1ccc(CN)cc1[N+](=O)[O-])c1ccccc1. The number of benzene rings is 2. The van der Waals surface area contributed by atoms with E-state index in [1.54, 1.807) is 12.1 Å². The van der Waals surface area contributed by atoms with Crippen LogP contribution in [0.2, 0.25) is 0 Å². The summed E-state index contributed by atoms with van der Waals surface area (Å²) in [6.45, 7) is 2.26. The van der Waals surface area contributed by atoms with Gasteiger partial charge in [0, 0.05) is 18.7 Å². The molecule has 0 aliphatic heterocycles. The quantitative estimate of drug-likeness (QED) is 0.646. The van der Waals surface area contributed by atoms with Gasteiger partial charge >= 0.3 is 0 Å². The number of anilines is 1. The molecule has 0 amide bonds. The standard InChI is InChI=1S/C15H17N3O2/c1-11(13-5-3-2-4-6-13)17-14-8-7-12(10-16)9-15(14)18(19)20/h2-9,11,17H,10,16H2,1H3. The minimum atomic E-state index is -0.390. The molecular weight excluding hydrogens is 254 g/mol. The van der Waals surface area contributed by atoms with Gasteiger partial charge in [0.25, 0.3) is 5.69 Å².